The van der Waals surface area contributed by atoms with Gasteiger partial charge in [-0.1, -0.05) is 150 Å². The number of carbonyl (C=O) groups is 2. The van der Waals surface area contributed by atoms with E-state index in [1.54, 1.807) is 0 Å². The molecular formula is C42H45N4O4P. The molecular weight excluding hydrogens is 655 g/mol. The number of carbonyl (C=O) groups excluding carboxylic acids is 1. The molecule has 0 aliphatic heterocycles. The van der Waals surface area contributed by atoms with Gasteiger partial charge in [0.1, 0.15) is 11.4 Å². The van der Waals surface area contributed by atoms with Gasteiger partial charge in [0, 0.05) is 18.0 Å². The van der Waals surface area contributed by atoms with Crippen LogP contribution in [0.15, 0.2) is 126 Å². The average molecular weight is 701 g/mol. The van der Waals surface area contributed by atoms with E-state index < -0.39 is 36.3 Å². The molecule has 0 unspecified atom stereocenters. The Morgan fingerprint density at radius 2 is 1.31 bits per heavy atom. The number of unbranched alkanes of at least 4 members (excludes halogenated alkanes) is 1. The molecule has 4 aromatic carbocycles. The smallest absolute Gasteiger partial charge is 0.408 e. The van der Waals surface area contributed by atoms with Crippen LogP contribution in [0.25, 0.3) is 11.5 Å². The van der Waals surface area contributed by atoms with Crippen LogP contribution in [0.2, 0.25) is 0 Å². The van der Waals surface area contributed by atoms with E-state index in [0.29, 0.717) is 18.7 Å². The Bertz CT molecular complexity index is 1900. The van der Waals surface area contributed by atoms with Crippen molar-refractivity contribution in [3.8, 4) is 17.5 Å². The van der Waals surface area contributed by atoms with Crippen molar-refractivity contribution in [3.05, 3.63) is 127 Å². The molecule has 0 aliphatic carbocycles. The van der Waals surface area contributed by atoms with E-state index in [0.717, 1.165) is 27.9 Å². The highest BCUT2D eigenvalue weighted by molar-refractivity contribution is 7.97. The van der Waals surface area contributed by atoms with Gasteiger partial charge in [-0.2, -0.15) is 5.26 Å². The van der Waals surface area contributed by atoms with Gasteiger partial charge in [-0.05, 0) is 53.2 Å². The summed E-state index contributed by atoms with van der Waals surface area (Å²) in [6.45, 7) is 4.89. The summed E-state index contributed by atoms with van der Waals surface area (Å²) in [5.41, 5.74) is 0.145. The second kappa shape index (κ2) is 16.6. The molecule has 51 heavy (non-hydrogen) atoms. The minimum Gasteiger partial charge on any atom is -0.465 e. The summed E-state index contributed by atoms with van der Waals surface area (Å²) in [6.07, 6.45) is 1.05. The number of nitrogens with zero attached hydrogens (tertiary/aromatic N) is 4. The minimum absolute atomic E-state index is 0.0654. The summed E-state index contributed by atoms with van der Waals surface area (Å²) >= 11 is 0. The zero-order valence-corrected chi connectivity index (χ0v) is 30.5. The van der Waals surface area contributed by atoms with Crippen molar-refractivity contribution < 1.29 is 19.1 Å². The van der Waals surface area contributed by atoms with Crippen LogP contribution in [0.3, 0.4) is 0 Å². The SMILES string of the molecule is CCCC[C@@H](C(=O)C(C#N)=P(c1ccccc1)(c1ccccc1)c1ccccc1)N(C(=O)O)[C@@H](Cc1nnc(-c2ccccc2)o1)C(C)(C)CC. The molecule has 1 amide bonds. The van der Waals surface area contributed by atoms with Gasteiger partial charge in [-0.3, -0.25) is 9.69 Å². The first-order valence-corrected chi connectivity index (χ1v) is 19.2. The van der Waals surface area contributed by atoms with Crippen molar-refractivity contribution in [1.82, 2.24) is 15.1 Å². The van der Waals surface area contributed by atoms with Crippen molar-refractivity contribution in [2.75, 3.05) is 0 Å². The maximum Gasteiger partial charge on any atom is 0.408 e. The number of amides is 1. The van der Waals surface area contributed by atoms with Gasteiger partial charge >= 0.3 is 6.09 Å². The molecule has 0 radical (unpaired) electrons. The molecule has 0 spiro atoms. The number of aromatic nitrogens is 2. The fourth-order valence-electron chi connectivity index (χ4n) is 6.71. The minimum atomic E-state index is -3.11. The van der Waals surface area contributed by atoms with E-state index in [1.165, 1.54) is 4.90 Å². The van der Waals surface area contributed by atoms with Crippen LogP contribution in [0.4, 0.5) is 4.79 Å². The second-order valence-electron chi connectivity index (χ2n) is 13.3. The Morgan fingerprint density at radius 1 is 0.824 bits per heavy atom. The highest BCUT2D eigenvalue weighted by atomic mass is 31.2. The zero-order valence-electron chi connectivity index (χ0n) is 29.6. The molecule has 1 heterocycles. The third-order valence-corrected chi connectivity index (χ3v) is 14.0. The number of carboxylic acid groups (broad SMARTS) is 1. The van der Waals surface area contributed by atoms with E-state index >= 15 is 4.79 Å². The van der Waals surface area contributed by atoms with Gasteiger partial charge in [0.2, 0.25) is 11.8 Å². The van der Waals surface area contributed by atoms with Crippen LogP contribution in [0, 0.1) is 16.7 Å². The summed E-state index contributed by atoms with van der Waals surface area (Å²) in [7, 11) is 0. The molecule has 5 rings (SSSR count). The quantitative estimate of drug-likeness (QED) is 0.110. The van der Waals surface area contributed by atoms with E-state index in [4.69, 9.17) is 4.42 Å². The maximum atomic E-state index is 15.5. The fourth-order valence-corrected chi connectivity index (χ4v) is 10.9. The molecule has 0 fully saturated rings. The van der Waals surface area contributed by atoms with Crippen LogP contribution < -0.4 is 15.9 Å². The Labute approximate surface area is 300 Å². The third-order valence-electron chi connectivity index (χ3n) is 9.80. The first-order chi connectivity index (χ1) is 24.7. The molecule has 8 nitrogen and oxygen atoms in total. The van der Waals surface area contributed by atoms with E-state index in [-0.39, 0.29) is 24.0 Å². The highest BCUT2D eigenvalue weighted by Crippen LogP contribution is 2.47. The molecule has 9 heteroatoms. The van der Waals surface area contributed by atoms with E-state index in [9.17, 15) is 15.2 Å². The number of Topliss-reactive ketones (excluding diaryl/α,β-unsaturated/α-hetero) is 1. The lowest BCUT2D eigenvalue weighted by molar-refractivity contribution is -0.119. The summed E-state index contributed by atoms with van der Waals surface area (Å²) in [6, 6.07) is 39.0. The number of hydrogen-bond acceptors (Lipinski definition) is 6. The third kappa shape index (κ3) is 7.75. The van der Waals surface area contributed by atoms with Crippen LogP contribution >= 0.6 is 6.89 Å². The van der Waals surface area contributed by atoms with E-state index in [2.05, 4.69) is 16.3 Å². The maximum absolute atomic E-state index is 15.5. The lowest BCUT2D eigenvalue weighted by atomic mass is 9.78. The lowest BCUT2D eigenvalue weighted by Crippen LogP contribution is -2.57. The molecule has 0 bridgehead atoms. The number of benzene rings is 4. The molecule has 0 aliphatic rings. The van der Waals surface area contributed by atoms with Gasteiger partial charge in [-0.15, -0.1) is 10.2 Å². The number of hydrogen-bond donors (Lipinski definition) is 1. The molecule has 0 saturated heterocycles. The van der Waals surface area contributed by atoms with Crippen molar-refractivity contribution in [2.24, 2.45) is 5.41 Å². The first-order valence-electron chi connectivity index (χ1n) is 17.5. The van der Waals surface area contributed by atoms with Crippen molar-refractivity contribution in [1.29, 1.82) is 5.26 Å². The first kappa shape index (κ1) is 37.0. The monoisotopic (exact) mass is 700 g/mol. The van der Waals surface area contributed by atoms with Crippen molar-refractivity contribution in [3.63, 3.8) is 0 Å². The Balaban J connectivity index is 1.76. The molecule has 262 valence electrons. The highest BCUT2D eigenvalue weighted by Gasteiger charge is 2.45. The summed E-state index contributed by atoms with van der Waals surface area (Å²) in [5, 5.41) is 33.5. The van der Waals surface area contributed by atoms with Crippen LogP contribution in [-0.4, -0.2) is 49.5 Å². The van der Waals surface area contributed by atoms with Crippen LogP contribution in [-0.2, 0) is 11.2 Å². The Morgan fingerprint density at radius 3 is 1.75 bits per heavy atom. The number of nitriles is 1. The standard InChI is InChI=1S/C42H45N4O4P/c1-5-7-28-35(46(41(48)49)37(42(3,4)6-2)29-38-44-45-40(50-38)31-20-12-8-13-21-31)39(47)36(30-43)51(32-22-14-9-15-23-32,33-24-16-10-17-25-33)34-26-18-11-19-27-34/h8-27,35,37H,5-7,28-29H2,1-4H3,(H,48,49)/t35-,37-/m0/s1. The van der Waals surface area contributed by atoms with Crippen molar-refractivity contribution >= 4 is 40.0 Å². The predicted octanol–water partition coefficient (Wildman–Crippen LogP) is 7.88. The predicted molar refractivity (Wildman–Crippen MR) is 205 cm³/mol. The lowest BCUT2D eigenvalue weighted by Gasteiger charge is -2.43. The van der Waals surface area contributed by atoms with Crippen LogP contribution in [0.5, 0.6) is 0 Å². The number of ketones is 1. The molecule has 1 aromatic heterocycles. The summed E-state index contributed by atoms with van der Waals surface area (Å²) < 4.78 is 6.11. The Kier molecular flexibility index (Phi) is 12.1. The van der Waals surface area contributed by atoms with E-state index in [1.807, 2.05) is 149 Å². The second-order valence-corrected chi connectivity index (χ2v) is 16.6. The largest absolute Gasteiger partial charge is 0.465 e. The average Bonchev–Trinajstić information content (AvgIpc) is 3.64. The molecule has 0 saturated carbocycles. The molecule has 5 aromatic rings. The van der Waals surface area contributed by atoms with Crippen molar-refractivity contribution in [2.45, 2.75) is 71.9 Å². The van der Waals surface area contributed by atoms with Gasteiger partial charge < -0.3 is 9.52 Å². The van der Waals surface area contributed by atoms with Gasteiger partial charge in [-0.25, -0.2) is 4.79 Å². The molecule has 1 N–H and O–H groups in total. The fraction of sp³-hybridized carbons (Fsp3) is 0.286. The molecule has 2 atom stereocenters. The van der Waals surface area contributed by atoms with Gasteiger partial charge in [0.15, 0.2) is 5.78 Å². The topological polar surface area (TPSA) is 120 Å². The van der Waals surface area contributed by atoms with Crippen LogP contribution in [0.1, 0.15) is 59.3 Å². The number of rotatable bonds is 15. The summed E-state index contributed by atoms with van der Waals surface area (Å²) in [5.74, 6) is 0.130. The van der Waals surface area contributed by atoms with Gasteiger partial charge in [0.25, 0.3) is 0 Å². The summed E-state index contributed by atoms with van der Waals surface area (Å²) in [4.78, 5) is 30.4. The zero-order chi connectivity index (χ0) is 36.4. The Hall–Kier alpha value is -5.25. The van der Waals surface area contributed by atoms with Gasteiger partial charge in [0.05, 0.1) is 6.04 Å². The normalized spacial score (nSPS) is 12.8.